The Bertz CT molecular complexity index is 902. The number of nitrogens with one attached hydrogen (secondary N) is 2. The molecule has 2 aromatic carbocycles. The molecule has 7 heteroatoms. The highest BCUT2D eigenvalue weighted by Crippen LogP contribution is 2.29. The Morgan fingerprint density at radius 1 is 0.880 bits per heavy atom. The number of benzene rings is 2. The summed E-state index contributed by atoms with van der Waals surface area (Å²) in [4.78, 5) is 8.79. The van der Waals surface area contributed by atoms with Gasteiger partial charge in [-0.15, -0.1) is 0 Å². The van der Waals surface area contributed by atoms with Gasteiger partial charge >= 0.3 is 0 Å². The molecule has 2 N–H and O–H groups in total. The maximum Gasteiger partial charge on any atom is 0.137 e. The van der Waals surface area contributed by atoms with Crippen LogP contribution in [0.15, 0.2) is 48.5 Å². The maximum absolute atomic E-state index is 6.16. The van der Waals surface area contributed by atoms with Crippen molar-refractivity contribution in [2.45, 2.75) is 6.92 Å². The van der Waals surface area contributed by atoms with Crippen molar-refractivity contribution in [3.8, 4) is 5.75 Å². The Morgan fingerprint density at radius 3 is 2.16 bits per heavy atom. The van der Waals surface area contributed by atoms with Gasteiger partial charge in [0.15, 0.2) is 0 Å². The number of hydrogen-bond acceptors (Lipinski definition) is 5. The summed E-state index contributed by atoms with van der Waals surface area (Å²) < 4.78 is 5.16. The summed E-state index contributed by atoms with van der Waals surface area (Å²) in [6.07, 6.45) is 0. The topological polar surface area (TPSA) is 59.1 Å². The Kier molecular flexibility index (Phi) is 5.26. The lowest BCUT2D eigenvalue weighted by Crippen LogP contribution is -2.01. The number of aryl methyl sites for hydroxylation is 1. The third kappa shape index (κ3) is 4.53. The molecule has 0 amide bonds. The minimum atomic E-state index is 0.524. The van der Waals surface area contributed by atoms with E-state index in [2.05, 4.69) is 20.6 Å². The zero-order valence-electron chi connectivity index (χ0n) is 13.7. The van der Waals surface area contributed by atoms with Gasteiger partial charge < -0.3 is 15.4 Å². The summed E-state index contributed by atoms with van der Waals surface area (Å²) in [6.45, 7) is 1.83. The number of halogens is 2. The molecule has 1 heterocycles. The minimum Gasteiger partial charge on any atom is -0.495 e. The summed E-state index contributed by atoms with van der Waals surface area (Å²) in [5, 5.41) is 7.62. The Morgan fingerprint density at radius 2 is 1.56 bits per heavy atom. The van der Waals surface area contributed by atoms with Crippen LogP contribution in [-0.2, 0) is 0 Å². The van der Waals surface area contributed by atoms with Crippen LogP contribution in [-0.4, -0.2) is 17.1 Å². The largest absolute Gasteiger partial charge is 0.495 e. The highest BCUT2D eigenvalue weighted by molar-refractivity contribution is 6.32. The number of anilines is 4. The van der Waals surface area contributed by atoms with Crippen LogP contribution < -0.4 is 15.4 Å². The number of aromatic nitrogens is 2. The summed E-state index contributed by atoms with van der Waals surface area (Å²) >= 11 is 12.2. The van der Waals surface area contributed by atoms with E-state index in [1.54, 1.807) is 19.2 Å². The standard InChI is InChI=1S/C18H16Cl2N4O/c1-11-21-17(23-13-5-3-4-12(19)8-13)10-18(22-11)24-14-6-7-16(25-2)15(20)9-14/h3-10H,1-2H3,(H2,21,22,23,24). The van der Waals surface area contributed by atoms with Crippen molar-refractivity contribution in [1.82, 2.24) is 9.97 Å². The number of rotatable bonds is 5. The zero-order chi connectivity index (χ0) is 17.8. The summed E-state index contributed by atoms with van der Waals surface area (Å²) in [7, 11) is 1.58. The van der Waals surface area contributed by atoms with E-state index < -0.39 is 0 Å². The zero-order valence-corrected chi connectivity index (χ0v) is 15.2. The van der Waals surface area contributed by atoms with Crippen LogP contribution in [0.2, 0.25) is 10.0 Å². The third-order valence-electron chi connectivity index (χ3n) is 3.36. The number of hydrogen-bond donors (Lipinski definition) is 2. The van der Waals surface area contributed by atoms with Crippen molar-refractivity contribution in [2.75, 3.05) is 17.7 Å². The molecule has 0 saturated heterocycles. The molecule has 0 radical (unpaired) electrons. The van der Waals surface area contributed by atoms with E-state index in [1.807, 2.05) is 43.3 Å². The first-order valence-electron chi connectivity index (χ1n) is 7.52. The maximum atomic E-state index is 6.16. The van der Waals surface area contributed by atoms with Crippen LogP contribution in [0.4, 0.5) is 23.0 Å². The average molecular weight is 375 g/mol. The molecule has 0 aliphatic rings. The SMILES string of the molecule is COc1ccc(Nc2cc(Nc3cccc(Cl)c3)nc(C)n2)cc1Cl. The third-order valence-corrected chi connectivity index (χ3v) is 3.89. The molecule has 3 rings (SSSR count). The van der Waals surface area contributed by atoms with Gasteiger partial charge in [-0.1, -0.05) is 29.3 Å². The van der Waals surface area contributed by atoms with Crippen molar-refractivity contribution in [2.24, 2.45) is 0 Å². The van der Waals surface area contributed by atoms with E-state index in [-0.39, 0.29) is 0 Å². The quantitative estimate of drug-likeness (QED) is 0.609. The molecule has 0 spiro atoms. The van der Waals surface area contributed by atoms with Crippen molar-refractivity contribution in [1.29, 1.82) is 0 Å². The van der Waals surface area contributed by atoms with E-state index in [9.17, 15) is 0 Å². The Balaban J connectivity index is 1.83. The lowest BCUT2D eigenvalue weighted by molar-refractivity contribution is 0.415. The highest BCUT2D eigenvalue weighted by Gasteiger charge is 2.06. The lowest BCUT2D eigenvalue weighted by Gasteiger charge is -2.11. The molecule has 128 valence electrons. The minimum absolute atomic E-state index is 0.524. The molecule has 0 aliphatic heterocycles. The Hall–Kier alpha value is -2.50. The van der Waals surface area contributed by atoms with Gasteiger partial charge in [0.25, 0.3) is 0 Å². The van der Waals surface area contributed by atoms with Gasteiger partial charge in [0.2, 0.25) is 0 Å². The molecule has 0 atom stereocenters. The molecule has 25 heavy (non-hydrogen) atoms. The molecule has 3 aromatic rings. The molecule has 5 nitrogen and oxygen atoms in total. The van der Waals surface area contributed by atoms with E-state index >= 15 is 0 Å². The summed E-state index contributed by atoms with van der Waals surface area (Å²) in [5.74, 6) is 2.57. The molecular formula is C18H16Cl2N4O. The van der Waals surface area contributed by atoms with Gasteiger partial charge in [-0.05, 0) is 43.3 Å². The first kappa shape index (κ1) is 17.3. The number of ether oxygens (including phenoxy) is 1. The fourth-order valence-corrected chi connectivity index (χ4v) is 2.75. The second-order valence-electron chi connectivity index (χ2n) is 5.30. The van der Waals surface area contributed by atoms with Gasteiger partial charge in [-0.25, -0.2) is 9.97 Å². The van der Waals surface area contributed by atoms with Crippen LogP contribution in [0, 0.1) is 6.92 Å². The normalized spacial score (nSPS) is 10.4. The molecule has 0 bridgehead atoms. The monoisotopic (exact) mass is 374 g/mol. The van der Waals surface area contributed by atoms with Gasteiger partial charge in [-0.3, -0.25) is 0 Å². The second kappa shape index (κ2) is 7.59. The van der Waals surface area contributed by atoms with Crippen molar-refractivity contribution in [3.05, 3.63) is 64.4 Å². The fraction of sp³-hybridized carbons (Fsp3) is 0.111. The predicted molar refractivity (Wildman–Crippen MR) is 103 cm³/mol. The van der Waals surface area contributed by atoms with Crippen LogP contribution in [0.5, 0.6) is 5.75 Å². The summed E-state index contributed by atoms with van der Waals surface area (Å²) in [6, 6.07) is 14.7. The van der Waals surface area contributed by atoms with Crippen LogP contribution >= 0.6 is 23.2 Å². The molecular weight excluding hydrogens is 359 g/mol. The fourth-order valence-electron chi connectivity index (χ4n) is 2.30. The van der Waals surface area contributed by atoms with E-state index in [4.69, 9.17) is 27.9 Å². The number of methoxy groups -OCH3 is 1. The van der Waals surface area contributed by atoms with Gasteiger partial charge in [0.1, 0.15) is 23.2 Å². The van der Waals surface area contributed by atoms with Crippen molar-refractivity contribution < 1.29 is 4.74 Å². The first-order valence-corrected chi connectivity index (χ1v) is 8.28. The molecule has 0 aliphatic carbocycles. The van der Waals surface area contributed by atoms with Crippen molar-refractivity contribution in [3.63, 3.8) is 0 Å². The van der Waals surface area contributed by atoms with E-state index in [0.29, 0.717) is 33.3 Å². The molecule has 1 aromatic heterocycles. The smallest absolute Gasteiger partial charge is 0.137 e. The summed E-state index contributed by atoms with van der Waals surface area (Å²) in [5.41, 5.74) is 1.65. The molecule has 0 saturated carbocycles. The van der Waals surface area contributed by atoms with Crippen LogP contribution in [0.1, 0.15) is 5.82 Å². The van der Waals surface area contributed by atoms with Gasteiger partial charge in [-0.2, -0.15) is 0 Å². The second-order valence-corrected chi connectivity index (χ2v) is 6.14. The first-order chi connectivity index (χ1) is 12.0. The van der Waals surface area contributed by atoms with E-state index in [0.717, 1.165) is 11.4 Å². The Labute approximate surface area is 156 Å². The molecule has 0 fully saturated rings. The van der Waals surface area contributed by atoms with Gasteiger partial charge in [0, 0.05) is 22.5 Å². The molecule has 0 unspecified atom stereocenters. The van der Waals surface area contributed by atoms with Gasteiger partial charge in [0.05, 0.1) is 12.1 Å². The van der Waals surface area contributed by atoms with Crippen LogP contribution in [0.25, 0.3) is 0 Å². The van der Waals surface area contributed by atoms with Crippen LogP contribution in [0.3, 0.4) is 0 Å². The van der Waals surface area contributed by atoms with Crippen molar-refractivity contribution >= 4 is 46.2 Å². The highest BCUT2D eigenvalue weighted by atomic mass is 35.5. The predicted octanol–water partition coefficient (Wildman–Crippen LogP) is 5.59. The number of nitrogens with zero attached hydrogens (tertiary/aromatic N) is 2. The average Bonchev–Trinajstić information content (AvgIpc) is 2.54. The van der Waals surface area contributed by atoms with E-state index in [1.165, 1.54) is 0 Å². The lowest BCUT2D eigenvalue weighted by atomic mass is 10.3.